The number of hydrogen-bond acceptors (Lipinski definition) is 5. The number of rotatable bonds is 3. The standard InChI is InChI=1S/C19H11Cl3N2O4S/c1-28-16(25)9-15-18(27)24(12-5-2-10(20)3-6-12)19(29-15)23-17(26)13-7-4-11(21)8-14(13)22/h2-9H,1H3/b15-9+,23-19?. The molecule has 2 aromatic rings. The highest BCUT2D eigenvalue weighted by molar-refractivity contribution is 8.19. The van der Waals surface area contributed by atoms with Crippen LogP contribution in [0.4, 0.5) is 5.69 Å². The monoisotopic (exact) mass is 468 g/mol. The molecule has 1 aliphatic heterocycles. The average Bonchev–Trinajstić information content (AvgIpc) is 2.97. The summed E-state index contributed by atoms with van der Waals surface area (Å²) in [5.74, 6) is -1.90. The van der Waals surface area contributed by atoms with Gasteiger partial charge in [-0.1, -0.05) is 34.8 Å². The van der Waals surface area contributed by atoms with Crippen LogP contribution in [0.2, 0.25) is 15.1 Å². The molecule has 0 spiro atoms. The quantitative estimate of drug-likeness (QED) is 0.468. The van der Waals surface area contributed by atoms with Crippen LogP contribution in [0.25, 0.3) is 0 Å². The first-order valence-corrected chi connectivity index (χ1v) is 9.91. The van der Waals surface area contributed by atoms with Gasteiger partial charge in [-0.05, 0) is 54.2 Å². The Hall–Kier alpha value is -2.32. The van der Waals surface area contributed by atoms with Crippen molar-refractivity contribution in [2.45, 2.75) is 0 Å². The molecule has 0 bridgehead atoms. The lowest BCUT2D eigenvalue weighted by atomic mass is 10.2. The Labute approximate surface area is 185 Å². The second kappa shape index (κ2) is 9.00. The summed E-state index contributed by atoms with van der Waals surface area (Å²) in [4.78, 5) is 42.4. The van der Waals surface area contributed by atoms with Crippen molar-refractivity contribution in [1.29, 1.82) is 0 Å². The number of amides is 2. The van der Waals surface area contributed by atoms with Gasteiger partial charge in [0.25, 0.3) is 11.8 Å². The third kappa shape index (κ3) is 4.82. The molecule has 0 unspecified atom stereocenters. The summed E-state index contributed by atoms with van der Waals surface area (Å²) in [5.41, 5.74) is 0.548. The summed E-state index contributed by atoms with van der Waals surface area (Å²) in [6, 6.07) is 10.7. The van der Waals surface area contributed by atoms with E-state index in [1.54, 1.807) is 24.3 Å². The van der Waals surface area contributed by atoms with Crippen LogP contribution in [0, 0.1) is 0 Å². The predicted octanol–water partition coefficient (Wildman–Crippen LogP) is 4.98. The van der Waals surface area contributed by atoms with Crippen molar-refractivity contribution in [3.63, 3.8) is 0 Å². The lowest BCUT2D eigenvalue weighted by Crippen LogP contribution is -2.29. The van der Waals surface area contributed by atoms with Crippen LogP contribution >= 0.6 is 46.6 Å². The van der Waals surface area contributed by atoms with E-state index in [1.807, 2.05) is 0 Å². The molecule has 1 saturated heterocycles. The lowest BCUT2D eigenvalue weighted by molar-refractivity contribution is -0.135. The van der Waals surface area contributed by atoms with Gasteiger partial charge in [0, 0.05) is 16.1 Å². The molecular weight excluding hydrogens is 459 g/mol. The predicted molar refractivity (Wildman–Crippen MR) is 115 cm³/mol. The fourth-order valence-electron chi connectivity index (χ4n) is 2.34. The normalized spacial score (nSPS) is 16.6. The summed E-state index contributed by atoms with van der Waals surface area (Å²) in [6.45, 7) is 0. The lowest BCUT2D eigenvalue weighted by Gasteiger charge is -2.15. The molecule has 0 N–H and O–H groups in total. The molecular formula is C19H11Cl3N2O4S. The largest absolute Gasteiger partial charge is 0.466 e. The van der Waals surface area contributed by atoms with Gasteiger partial charge < -0.3 is 4.74 Å². The number of nitrogens with zero attached hydrogens (tertiary/aromatic N) is 2. The van der Waals surface area contributed by atoms with E-state index >= 15 is 0 Å². The van der Waals surface area contributed by atoms with E-state index in [4.69, 9.17) is 34.8 Å². The van der Waals surface area contributed by atoms with Crippen LogP contribution in [0.1, 0.15) is 10.4 Å². The Morgan fingerprint density at radius 3 is 2.34 bits per heavy atom. The van der Waals surface area contributed by atoms with Crippen LogP contribution in [-0.4, -0.2) is 30.1 Å². The number of esters is 1. The number of carbonyl (C=O) groups excluding carboxylic acids is 3. The minimum atomic E-state index is -0.703. The maximum atomic E-state index is 12.8. The van der Waals surface area contributed by atoms with Gasteiger partial charge in [-0.25, -0.2) is 4.79 Å². The first-order chi connectivity index (χ1) is 13.8. The van der Waals surface area contributed by atoms with Crippen molar-refractivity contribution in [1.82, 2.24) is 0 Å². The van der Waals surface area contributed by atoms with Crippen molar-refractivity contribution in [2.75, 3.05) is 12.0 Å². The van der Waals surface area contributed by atoms with Gasteiger partial charge in [0.1, 0.15) is 0 Å². The summed E-state index contributed by atoms with van der Waals surface area (Å²) in [6.07, 6.45) is 1.04. The first kappa shape index (κ1) is 21.4. The van der Waals surface area contributed by atoms with E-state index in [2.05, 4.69) is 9.73 Å². The molecule has 0 atom stereocenters. The van der Waals surface area contributed by atoms with Crippen LogP contribution in [-0.2, 0) is 14.3 Å². The number of amidine groups is 1. The smallest absolute Gasteiger partial charge is 0.331 e. The number of anilines is 1. The van der Waals surface area contributed by atoms with E-state index in [0.717, 1.165) is 17.8 Å². The molecule has 148 valence electrons. The minimum Gasteiger partial charge on any atom is -0.466 e. The zero-order valence-electron chi connectivity index (χ0n) is 14.7. The highest BCUT2D eigenvalue weighted by Gasteiger charge is 2.36. The molecule has 0 saturated carbocycles. The molecule has 2 amide bonds. The molecule has 6 nitrogen and oxygen atoms in total. The van der Waals surface area contributed by atoms with Crippen molar-refractivity contribution in [3.05, 3.63) is 74.1 Å². The van der Waals surface area contributed by atoms with Crippen LogP contribution in [0.5, 0.6) is 0 Å². The van der Waals surface area contributed by atoms with Gasteiger partial charge >= 0.3 is 5.97 Å². The highest BCUT2D eigenvalue weighted by Crippen LogP contribution is 2.36. The van der Waals surface area contributed by atoms with Gasteiger partial charge in [0.05, 0.1) is 28.3 Å². The molecule has 10 heteroatoms. The molecule has 0 aliphatic carbocycles. The van der Waals surface area contributed by atoms with Gasteiger partial charge in [-0.3, -0.25) is 14.5 Å². The van der Waals surface area contributed by atoms with E-state index in [9.17, 15) is 14.4 Å². The fourth-order valence-corrected chi connectivity index (χ4v) is 3.90. The second-order valence-electron chi connectivity index (χ2n) is 5.57. The number of aliphatic imine (C=N–C) groups is 1. The Bertz CT molecular complexity index is 1070. The van der Waals surface area contributed by atoms with E-state index < -0.39 is 17.8 Å². The van der Waals surface area contributed by atoms with Crippen LogP contribution in [0.15, 0.2) is 58.4 Å². The number of thioether (sulfide) groups is 1. The number of halogens is 3. The van der Waals surface area contributed by atoms with Crippen molar-refractivity contribution < 1.29 is 19.1 Å². The maximum absolute atomic E-state index is 12.8. The van der Waals surface area contributed by atoms with Gasteiger partial charge in [0.2, 0.25) is 0 Å². The van der Waals surface area contributed by atoms with Crippen molar-refractivity contribution in [3.8, 4) is 0 Å². The summed E-state index contributed by atoms with van der Waals surface area (Å²) >= 11 is 18.7. The molecule has 1 heterocycles. The van der Waals surface area contributed by atoms with Crippen molar-refractivity contribution in [2.24, 2.45) is 4.99 Å². The number of carbonyl (C=O) groups is 3. The molecule has 1 fully saturated rings. The number of ether oxygens (including phenoxy) is 1. The Kier molecular flexibility index (Phi) is 6.64. The van der Waals surface area contributed by atoms with Gasteiger partial charge in [0.15, 0.2) is 5.17 Å². The van der Waals surface area contributed by atoms with E-state index in [-0.39, 0.29) is 20.7 Å². The van der Waals surface area contributed by atoms with Gasteiger partial charge in [-0.2, -0.15) is 4.99 Å². The second-order valence-corrected chi connectivity index (χ2v) is 7.86. The van der Waals surface area contributed by atoms with E-state index in [0.29, 0.717) is 15.7 Å². The minimum absolute atomic E-state index is 0.0561. The highest BCUT2D eigenvalue weighted by atomic mass is 35.5. The molecule has 0 radical (unpaired) electrons. The zero-order valence-corrected chi connectivity index (χ0v) is 17.8. The number of hydrogen-bond donors (Lipinski definition) is 0. The van der Waals surface area contributed by atoms with E-state index in [1.165, 1.54) is 30.2 Å². The number of methoxy groups -OCH3 is 1. The van der Waals surface area contributed by atoms with Crippen molar-refractivity contribution >= 4 is 75.2 Å². The molecule has 3 rings (SSSR count). The first-order valence-electron chi connectivity index (χ1n) is 7.95. The van der Waals surface area contributed by atoms with Crippen LogP contribution in [0.3, 0.4) is 0 Å². The average molecular weight is 470 g/mol. The maximum Gasteiger partial charge on any atom is 0.331 e. The molecule has 1 aliphatic rings. The Morgan fingerprint density at radius 1 is 1.07 bits per heavy atom. The molecule has 2 aromatic carbocycles. The zero-order chi connectivity index (χ0) is 21.1. The fraction of sp³-hybridized carbons (Fsp3) is 0.0526. The Morgan fingerprint density at radius 2 is 1.72 bits per heavy atom. The third-order valence-corrected chi connectivity index (χ3v) is 5.47. The Balaban J connectivity index is 2.05. The summed E-state index contributed by atoms with van der Waals surface area (Å²) < 4.78 is 4.58. The van der Waals surface area contributed by atoms with Gasteiger partial charge in [-0.15, -0.1) is 0 Å². The molecule has 29 heavy (non-hydrogen) atoms. The summed E-state index contributed by atoms with van der Waals surface area (Å²) in [5, 5.41) is 1.03. The van der Waals surface area contributed by atoms with Crippen LogP contribution < -0.4 is 4.90 Å². The SMILES string of the molecule is COC(=O)/C=C1/SC(=NC(=O)c2ccc(Cl)cc2Cl)N(c2ccc(Cl)cc2)C1=O. The topological polar surface area (TPSA) is 76.0 Å². The summed E-state index contributed by atoms with van der Waals surface area (Å²) in [7, 11) is 1.20. The third-order valence-electron chi connectivity index (χ3n) is 3.70. The number of benzene rings is 2. The molecule has 0 aromatic heterocycles.